The first-order valence-electron chi connectivity index (χ1n) is 16.3. The minimum absolute atomic E-state index is 0.286. The molecule has 2 aliphatic rings. The summed E-state index contributed by atoms with van der Waals surface area (Å²) in [4.78, 5) is 42.8. The van der Waals surface area contributed by atoms with Crippen molar-refractivity contribution in [3.05, 3.63) is 83.3 Å². The summed E-state index contributed by atoms with van der Waals surface area (Å²) in [5.41, 5.74) is 4.06. The molecule has 0 radical (unpaired) electrons. The molecule has 0 atom stereocenters. The van der Waals surface area contributed by atoms with E-state index in [0.717, 1.165) is 60.3 Å². The van der Waals surface area contributed by atoms with Gasteiger partial charge in [0.2, 0.25) is 5.91 Å². The van der Waals surface area contributed by atoms with E-state index in [1.165, 1.54) is 24.8 Å². The maximum absolute atomic E-state index is 13.8. The first kappa shape index (κ1) is 32.0. The van der Waals surface area contributed by atoms with Crippen LogP contribution in [0.2, 0.25) is 0 Å². The van der Waals surface area contributed by atoms with Crippen LogP contribution in [0, 0.1) is 12.7 Å². The summed E-state index contributed by atoms with van der Waals surface area (Å²) in [6.45, 7) is 4.20. The molecule has 2 saturated carbocycles. The summed E-state index contributed by atoms with van der Waals surface area (Å²) in [6, 6.07) is 14.1. The van der Waals surface area contributed by atoms with Crippen molar-refractivity contribution in [3.63, 3.8) is 0 Å². The molecule has 10 heteroatoms. The number of pyridine rings is 1. The Kier molecular flexibility index (Phi) is 9.11. The molecule has 2 fully saturated rings. The van der Waals surface area contributed by atoms with E-state index < -0.39 is 11.5 Å². The topological polar surface area (TPSA) is 123 Å². The van der Waals surface area contributed by atoms with Gasteiger partial charge in [0.25, 0.3) is 5.91 Å². The van der Waals surface area contributed by atoms with Crippen LogP contribution in [0.4, 0.5) is 10.1 Å². The molecule has 3 N–H and O–H groups in total. The van der Waals surface area contributed by atoms with Crippen LogP contribution in [0.5, 0.6) is 5.75 Å². The number of anilines is 1. The van der Waals surface area contributed by atoms with Crippen molar-refractivity contribution < 1.29 is 28.6 Å². The Balaban J connectivity index is 1.27. The number of aromatic nitrogens is 2. The Morgan fingerprint density at radius 3 is 2.51 bits per heavy atom. The van der Waals surface area contributed by atoms with Crippen LogP contribution < -0.4 is 15.4 Å². The number of halogens is 1. The second-order valence-corrected chi connectivity index (χ2v) is 12.4. The van der Waals surface area contributed by atoms with Gasteiger partial charge in [0.05, 0.1) is 24.2 Å². The summed E-state index contributed by atoms with van der Waals surface area (Å²) in [6.07, 6.45) is 11.1. The van der Waals surface area contributed by atoms with Crippen molar-refractivity contribution in [2.75, 3.05) is 11.9 Å². The lowest BCUT2D eigenvalue weighted by atomic mass is 9.75. The third-order valence-electron chi connectivity index (χ3n) is 9.40. The number of fused-ring (bicyclic) bond motifs is 1. The van der Waals surface area contributed by atoms with Crippen LogP contribution in [-0.4, -0.2) is 44.6 Å². The van der Waals surface area contributed by atoms with E-state index in [2.05, 4.69) is 20.2 Å². The van der Waals surface area contributed by atoms with Gasteiger partial charge in [-0.25, -0.2) is 9.18 Å². The van der Waals surface area contributed by atoms with Crippen LogP contribution >= 0.6 is 0 Å². The van der Waals surface area contributed by atoms with Crippen molar-refractivity contribution in [3.8, 4) is 17.1 Å². The molecular formula is C37H39FN4O5. The monoisotopic (exact) mass is 638 g/mol. The Morgan fingerprint density at radius 2 is 1.85 bits per heavy atom. The minimum Gasteiger partial charge on any atom is -0.493 e. The SMILES string of the molecule is CCOc1cc(NC(=O)C2(NC(=O)c3ccc4c(c3)c(C)c(-c3ccc(F)cn3)n4C3CCCCC3)CCC2)ccc1C=CC(=O)O. The average molecular weight is 639 g/mol. The van der Waals surface area contributed by atoms with Crippen LogP contribution in [0.25, 0.3) is 28.4 Å². The maximum Gasteiger partial charge on any atom is 0.328 e. The van der Waals surface area contributed by atoms with Crippen molar-refractivity contribution in [1.82, 2.24) is 14.9 Å². The van der Waals surface area contributed by atoms with Crippen molar-refractivity contribution in [2.45, 2.75) is 76.8 Å². The summed E-state index contributed by atoms with van der Waals surface area (Å²) in [7, 11) is 0. The largest absolute Gasteiger partial charge is 0.493 e. The average Bonchev–Trinajstić information content (AvgIpc) is 3.34. The van der Waals surface area contributed by atoms with Crippen LogP contribution in [0.1, 0.15) is 85.8 Å². The first-order chi connectivity index (χ1) is 22.7. The molecule has 47 heavy (non-hydrogen) atoms. The van der Waals surface area contributed by atoms with Gasteiger partial charge in [-0.3, -0.25) is 14.6 Å². The van der Waals surface area contributed by atoms with Crippen molar-refractivity contribution >= 4 is 40.4 Å². The predicted octanol–water partition coefficient (Wildman–Crippen LogP) is 7.44. The molecule has 2 aromatic carbocycles. The van der Waals surface area contributed by atoms with E-state index in [1.54, 1.807) is 30.3 Å². The molecule has 2 aliphatic carbocycles. The van der Waals surface area contributed by atoms with Gasteiger partial charge in [0, 0.05) is 45.9 Å². The van der Waals surface area contributed by atoms with Crippen LogP contribution in [0.15, 0.2) is 60.8 Å². The molecule has 244 valence electrons. The molecule has 6 rings (SSSR count). The Bertz CT molecular complexity index is 1850. The zero-order chi connectivity index (χ0) is 33.1. The number of aryl methyl sites for hydroxylation is 1. The number of carbonyl (C=O) groups excluding carboxylic acids is 2. The zero-order valence-electron chi connectivity index (χ0n) is 26.6. The van der Waals surface area contributed by atoms with E-state index in [1.807, 2.05) is 26.0 Å². The van der Waals surface area contributed by atoms with Crippen molar-refractivity contribution in [2.24, 2.45) is 0 Å². The maximum atomic E-state index is 13.8. The quantitative estimate of drug-likeness (QED) is 0.155. The fraction of sp³-hybridized carbons (Fsp3) is 0.351. The minimum atomic E-state index is -1.08. The van der Waals surface area contributed by atoms with Gasteiger partial charge in [0.1, 0.15) is 17.1 Å². The molecule has 0 saturated heterocycles. The van der Waals surface area contributed by atoms with Gasteiger partial charge in [-0.2, -0.15) is 0 Å². The molecule has 0 bridgehead atoms. The number of benzene rings is 2. The molecule has 4 aromatic rings. The van der Waals surface area contributed by atoms with Gasteiger partial charge in [-0.05, 0) is 100 Å². The Labute approximate surface area is 272 Å². The molecule has 2 aromatic heterocycles. The standard InChI is InChI=1S/C37H39FN4O5/c1-3-47-32-21-27(14-10-24(32)12-17-33(43)44)40-36(46)37(18-7-19-37)41-35(45)25-11-16-31-29(20-25)23(2)34(30-15-13-26(38)22-39-30)42(31)28-8-5-4-6-9-28/h10-17,20-22,28H,3-9,18-19H2,1-2H3,(H,40,46)(H,41,45)(H,43,44). The smallest absolute Gasteiger partial charge is 0.328 e. The highest BCUT2D eigenvalue weighted by atomic mass is 19.1. The molecular weight excluding hydrogens is 599 g/mol. The van der Waals surface area contributed by atoms with E-state index in [9.17, 15) is 18.8 Å². The first-order valence-corrected chi connectivity index (χ1v) is 16.3. The number of carboxylic acid groups (broad SMARTS) is 1. The highest BCUT2D eigenvalue weighted by Gasteiger charge is 2.45. The summed E-state index contributed by atoms with van der Waals surface area (Å²) < 4.78 is 21.8. The van der Waals surface area contributed by atoms with E-state index >= 15 is 0 Å². The highest BCUT2D eigenvalue weighted by molar-refractivity contribution is 6.06. The van der Waals surface area contributed by atoms with E-state index in [-0.39, 0.29) is 23.7 Å². The Hall–Kier alpha value is -4.99. The second-order valence-electron chi connectivity index (χ2n) is 12.4. The third kappa shape index (κ3) is 6.50. The van der Waals surface area contributed by atoms with Gasteiger partial charge in [-0.1, -0.05) is 19.3 Å². The van der Waals surface area contributed by atoms with Crippen LogP contribution in [-0.2, 0) is 9.59 Å². The summed E-state index contributed by atoms with van der Waals surface area (Å²) in [5, 5.41) is 15.9. The fourth-order valence-corrected chi connectivity index (χ4v) is 6.84. The number of aliphatic carboxylic acids is 1. The normalized spacial score (nSPS) is 16.1. The highest BCUT2D eigenvalue weighted by Crippen LogP contribution is 2.41. The molecule has 0 aliphatic heterocycles. The Morgan fingerprint density at radius 1 is 1.06 bits per heavy atom. The van der Waals surface area contributed by atoms with Gasteiger partial charge in [-0.15, -0.1) is 0 Å². The van der Waals surface area contributed by atoms with Gasteiger partial charge < -0.3 is 25.0 Å². The number of ether oxygens (including phenoxy) is 1. The van der Waals surface area contributed by atoms with E-state index in [0.29, 0.717) is 47.7 Å². The number of hydrogen-bond acceptors (Lipinski definition) is 5. The number of nitrogens with one attached hydrogen (secondary N) is 2. The lowest BCUT2D eigenvalue weighted by Crippen LogP contribution is -2.61. The van der Waals surface area contributed by atoms with E-state index in [4.69, 9.17) is 9.84 Å². The fourth-order valence-electron chi connectivity index (χ4n) is 6.84. The number of rotatable bonds is 10. The summed E-state index contributed by atoms with van der Waals surface area (Å²) >= 11 is 0. The zero-order valence-corrected chi connectivity index (χ0v) is 26.6. The number of nitrogens with zero attached hydrogens (tertiary/aromatic N) is 2. The summed E-state index contributed by atoms with van der Waals surface area (Å²) in [5.74, 6) is -1.68. The number of amides is 2. The molecule has 2 heterocycles. The number of carbonyl (C=O) groups is 3. The number of hydrogen-bond donors (Lipinski definition) is 3. The second kappa shape index (κ2) is 13.4. The third-order valence-corrected chi connectivity index (χ3v) is 9.40. The number of carboxylic acids is 1. The lowest BCUT2D eigenvalue weighted by molar-refractivity contribution is -0.131. The lowest BCUT2D eigenvalue weighted by Gasteiger charge is -2.40. The molecule has 0 spiro atoms. The van der Waals surface area contributed by atoms with Gasteiger partial charge >= 0.3 is 5.97 Å². The van der Waals surface area contributed by atoms with Crippen LogP contribution in [0.3, 0.4) is 0 Å². The van der Waals surface area contributed by atoms with Gasteiger partial charge in [0.15, 0.2) is 0 Å². The molecule has 2 amide bonds. The molecule has 0 unspecified atom stereocenters. The predicted molar refractivity (Wildman–Crippen MR) is 179 cm³/mol. The molecule has 9 nitrogen and oxygen atoms in total. The van der Waals surface area contributed by atoms with Crippen molar-refractivity contribution in [1.29, 1.82) is 0 Å².